The lowest BCUT2D eigenvalue weighted by Gasteiger charge is -2.20. The minimum atomic E-state index is -0.790. The lowest BCUT2D eigenvalue weighted by molar-refractivity contribution is -0.147. The number of carbonyl (C=O) groups is 3. The zero-order chi connectivity index (χ0) is 38.4. The van der Waals surface area contributed by atoms with Crippen molar-refractivity contribution in [2.75, 3.05) is 26.1 Å². The quantitative estimate of drug-likeness (QED) is 0.143. The molecule has 1 atom stereocenters. The van der Waals surface area contributed by atoms with Gasteiger partial charge in [-0.25, -0.2) is 13.9 Å². The fraction of sp³-hybridized carbons (Fsp3) is 0.289. The van der Waals surface area contributed by atoms with Crippen molar-refractivity contribution in [3.63, 3.8) is 0 Å². The van der Waals surface area contributed by atoms with E-state index in [4.69, 9.17) is 23.7 Å². The number of alkyl carbamates (subject to hydrolysis) is 1. The third-order valence-electron chi connectivity index (χ3n) is 7.78. The molecule has 1 unspecified atom stereocenters. The molecule has 0 spiro atoms. The third kappa shape index (κ3) is 8.92. The highest BCUT2D eigenvalue weighted by Gasteiger charge is 2.26. The summed E-state index contributed by atoms with van der Waals surface area (Å²) in [5.74, 6) is -1.19. The highest BCUT2D eigenvalue weighted by Crippen LogP contribution is 2.37. The Bertz CT molecular complexity index is 2210. The smallest absolute Gasteiger partial charge is 0.408 e. The number of nitrogens with zero attached hydrogens (tertiary/aromatic N) is 3. The van der Waals surface area contributed by atoms with Crippen molar-refractivity contribution in [2.24, 2.45) is 0 Å². The molecule has 278 valence electrons. The highest BCUT2D eigenvalue weighted by molar-refractivity contribution is 6.05. The van der Waals surface area contributed by atoms with E-state index < -0.39 is 47.6 Å². The fourth-order valence-corrected chi connectivity index (χ4v) is 5.47. The minimum absolute atomic E-state index is 0.0234. The number of esters is 1. The molecule has 15 heteroatoms. The van der Waals surface area contributed by atoms with Crippen LogP contribution in [0.2, 0.25) is 0 Å². The Hall–Kier alpha value is -6.38. The fourth-order valence-electron chi connectivity index (χ4n) is 5.47. The number of carbonyl (C=O) groups excluding carboxylic acids is 3. The minimum Gasteiger partial charge on any atom is -0.493 e. The van der Waals surface area contributed by atoms with Crippen LogP contribution in [-0.2, 0) is 20.8 Å². The average Bonchev–Trinajstić information content (AvgIpc) is 3.35. The van der Waals surface area contributed by atoms with Gasteiger partial charge < -0.3 is 34.3 Å². The van der Waals surface area contributed by atoms with E-state index in [9.17, 15) is 19.2 Å². The first-order valence-corrected chi connectivity index (χ1v) is 16.5. The Balaban J connectivity index is 1.35. The van der Waals surface area contributed by atoms with Gasteiger partial charge in [0, 0.05) is 29.4 Å². The Labute approximate surface area is 304 Å². The highest BCUT2D eigenvalue weighted by atomic mass is 19.1. The first kappa shape index (κ1) is 37.9. The molecule has 5 rings (SSSR count). The maximum absolute atomic E-state index is 15.4. The summed E-state index contributed by atoms with van der Waals surface area (Å²) < 4.78 is 45.5. The summed E-state index contributed by atoms with van der Waals surface area (Å²) in [7, 11) is 3.00. The molecule has 2 heterocycles. The summed E-state index contributed by atoms with van der Waals surface area (Å²) in [4.78, 5) is 56.3. The van der Waals surface area contributed by atoms with E-state index in [1.165, 1.54) is 41.9 Å². The number of ether oxygens (including phenoxy) is 5. The molecule has 2 aromatic heterocycles. The van der Waals surface area contributed by atoms with Gasteiger partial charge in [-0.05, 0) is 71.0 Å². The van der Waals surface area contributed by atoms with E-state index in [1.54, 1.807) is 83.1 Å². The van der Waals surface area contributed by atoms with Gasteiger partial charge >= 0.3 is 12.1 Å². The maximum Gasteiger partial charge on any atom is 0.408 e. The summed E-state index contributed by atoms with van der Waals surface area (Å²) >= 11 is 0. The number of amides is 2. The van der Waals surface area contributed by atoms with Crippen LogP contribution in [0.15, 0.2) is 77.7 Å². The monoisotopic (exact) mass is 729 g/mol. The molecule has 0 radical (unpaired) electrons. The van der Waals surface area contributed by atoms with Crippen molar-refractivity contribution in [3.05, 3.63) is 100 Å². The summed E-state index contributed by atoms with van der Waals surface area (Å²) in [5, 5.41) is 5.51. The van der Waals surface area contributed by atoms with Crippen LogP contribution in [0.3, 0.4) is 0 Å². The van der Waals surface area contributed by atoms with Gasteiger partial charge in [0.2, 0.25) is 0 Å². The number of methoxy groups -OCH3 is 2. The molecule has 2 amide bonds. The van der Waals surface area contributed by atoms with Gasteiger partial charge in [-0.3, -0.25) is 24.0 Å². The van der Waals surface area contributed by atoms with Gasteiger partial charge in [0.1, 0.15) is 29.6 Å². The molecular formula is C38H40FN5O9. The van der Waals surface area contributed by atoms with Crippen molar-refractivity contribution in [2.45, 2.75) is 52.9 Å². The van der Waals surface area contributed by atoms with Crippen LogP contribution in [-0.4, -0.2) is 64.8 Å². The summed E-state index contributed by atoms with van der Waals surface area (Å²) in [5.41, 5.74) is -0.258. The lowest BCUT2D eigenvalue weighted by Crippen LogP contribution is -2.37. The second-order valence-electron chi connectivity index (χ2n) is 12.9. The Morgan fingerprint density at radius 2 is 1.62 bits per heavy atom. The summed E-state index contributed by atoms with van der Waals surface area (Å²) in [6.45, 7) is 7.81. The van der Waals surface area contributed by atoms with Crippen LogP contribution >= 0.6 is 0 Å². The van der Waals surface area contributed by atoms with E-state index >= 15 is 4.39 Å². The lowest BCUT2D eigenvalue weighted by atomic mass is 10.1. The first-order chi connectivity index (χ1) is 25.2. The van der Waals surface area contributed by atoms with Crippen molar-refractivity contribution in [1.82, 2.24) is 19.7 Å². The van der Waals surface area contributed by atoms with Gasteiger partial charge in [0.25, 0.3) is 11.5 Å². The number of halogens is 1. The van der Waals surface area contributed by atoms with E-state index in [0.717, 1.165) is 6.07 Å². The van der Waals surface area contributed by atoms with E-state index in [0.29, 0.717) is 33.8 Å². The molecule has 5 aromatic rings. The topological polar surface area (TPSA) is 161 Å². The number of hydrogen-bond donors (Lipinski definition) is 2. The molecule has 0 fully saturated rings. The number of aromatic nitrogens is 3. The Morgan fingerprint density at radius 3 is 2.28 bits per heavy atom. The number of nitrogens with one attached hydrogen (secondary N) is 2. The van der Waals surface area contributed by atoms with Crippen molar-refractivity contribution in [1.29, 1.82) is 0 Å². The SMILES string of the molecule is COc1cc2nccc(Oc3ccc(NC(=O)c4c(C)n(CC(C)OC(=O)CNC(=O)OC(C)(C)C)n(-c5ccccc5)c4=O)cc3F)c2cc1OC. The number of benzene rings is 3. The van der Waals surface area contributed by atoms with Gasteiger partial charge in [-0.15, -0.1) is 0 Å². The van der Waals surface area contributed by atoms with Crippen molar-refractivity contribution in [3.8, 4) is 28.7 Å². The largest absolute Gasteiger partial charge is 0.493 e. The Morgan fingerprint density at radius 1 is 0.925 bits per heavy atom. The molecule has 2 N–H and O–H groups in total. The molecule has 53 heavy (non-hydrogen) atoms. The van der Waals surface area contributed by atoms with E-state index in [2.05, 4.69) is 15.6 Å². The van der Waals surface area contributed by atoms with E-state index in [-0.39, 0.29) is 29.2 Å². The number of fused-ring (bicyclic) bond motifs is 1. The van der Waals surface area contributed by atoms with Gasteiger partial charge in [0.15, 0.2) is 23.1 Å². The van der Waals surface area contributed by atoms with Crippen LogP contribution in [0.5, 0.6) is 23.0 Å². The number of anilines is 1. The number of hydrogen-bond acceptors (Lipinski definition) is 10. The van der Waals surface area contributed by atoms with Crippen LogP contribution in [0.4, 0.5) is 14.9 Å². The molecule has 0 aliphatic carbocycles. The number of rotatable bonds is 12. The molecular weight excluding hydrogens is 689 g/mol. The molecule has 14 nitrogen and oxygen atoms in total. The number of para-hydroxylation sites is 1. The average molecular weight is 730 g/mol. The van der Waals surface area contributed by atoms with Crippen LogP contribution in [0.1, 0.15) is 43.7 Å². The molecule has 0 saturated heterocycles. The normalized spacial score (nSPS) is 11.8. The predicted molar refractivity (Wildman–Crippen MR) is 194 cm³/mol. The first-order valence-electron chi connectivity index (χ1n) is 16.5. The standard InChI is InChI=1S/C38H40FN5O9/c1-22(51-33(45)20-41-37(48)53-38(3,4)5)21-43-23(2)34(36(47)44(43)25-11-9-8-10-12-25)35(46)42-24-13-14-30(27(39)17-24)52-29-15-16-40-28-19-32(50-7)31(49-6)18-26(28)29/h8-19,22H,20-21H2,1-7H3,(H,41,48)(H,42,46). The van der Waals surface area contributed by atoms with Gasteiger partial charge in [-0.2, -0.15) is 0 Å². The van der Waals surface area contributed by atoms with Crippen molar-refractivity contribution < 1.29 is 42.5 Å². The molecule has 3 aromatic carbocycles. The van der Waals surface area contributed by atoms with Crippen LogP contribution < -0.4 is 30.4 Å². The summed E-state index contributed by atoms with van der Waals surface area (Å²) in [6, 6.07) is 17.4. The van der Waals surface area contributed by atoms with Crippen LogP contribution in [0, 0.1) is 12.7 Å². The predicted octanol–water partition coefficient (Wildman–Crippen LogP) is 6.15. The second kappa shape index (κ2) is 15.9. The van der Waals surface area contributed by atoms with Gasteiger partial charge in [-0.1, -0.05) is 18.2 Å². The molecule has 0 aliphatic heterocycles. The van der Waals surface area contributed by atoms with Gasteiger partial charge in [0.05, 0.1) is 37.7 Å². The van der Waals surface area contributed by atoms with E-state index in [1.807, 2.05) is 0 Å². The zero-order valence-electron chi connectivity index (χ0n) is 30.3. The molecule has 0 saturated carbocycles. The second-order valence-corrected chi connectivity index (χ2v) is 12.9. The van der Waals surface area contributed by atoms with Crippen LogP contribution in [0.25, 0.3) is 16.6 Å². The zero-order valence-corrected chi connectivity index (χ0v) is 30.3. The molecule has 0 aliphatic rings. The van der Waals surface area contributed by atoms with Crippen molar-refractivity contribution >= 4 is 34.6 Å². The summed E-state index contributed by atoms with van der Waals surface area (Å²) in [6.07, 6.45) is -0.0492. The Kier molecular flexibility index (Phi) is 11.3. The third-order valence-corrected chi connectivity index (χ3v) is 7.78. The maximum atomic E-state index is 15.4. The molecule has 0 bridgehead atoms. The number of pyridine rings is 1.